The summed E-state index contributed by atoms with van der Waals surface area (Å²) >= 11 is 0. The molecule has 0 bridgehead atoms. The predicted molar refractivity (Wildman–Crippen MR) is 91.5 cm³/mol. The Kier molecular flexibility index (Phi) is 3.47. The van der Waals surface area contributed by atoms with E-state index in [0.717, 1.165) is 5.39 Å². The first-order valence-corrected chi connectivity index (χ1v) is 8.75. The summed E-state index contributed by atoms with van der Waals surface area (Å²) in [6.45, 7) is 0. The number of nitrogens with zero attached hydrogens (tertiary/aromatic N) is 3. The molecular weight excluding hydrogens is 342 g/mol. The minimum Gasteiger partial charge on any atom is -0.263 e. The minimum absolute atomic E-state index is 0.0486. The van der Waals surface area contributed by atoms with Crippen LogP contribution in [0.4, 0.5) is 0 Å². The van der Waals surface area contributed by atoms with E-state index in [1.807, 2.05) is 0 Å². The van der Waals surface area contributed by atoms with Crippen molar-refractivity contribution < 1.29 is 12.7 Å². The first-order valence-electron chi connectivity index (χ1n) is 7.34. The maximum atomic E-state index is 12.7. The van der Waals surface area contributed by atoms with E-state index in [-0.39, 0.29) is 10.3 Å². The molecule has 25 heavy (non-hydrogen) atoms. The smallest absolute Gasteiger partial charge is 0.263 e. The Morgan fingerprint density at radius 2 is 1.52 bits per heavy atom. The molecule has 0 N–H and O–H groups in total. The van der Waals surface area contributed by atoms with E-state index >= 15 is 0 Å². The lowest BCUT2D eigenvalue weighted by atomic mass is 10.1. The standard InChI is InChI=1S/C17H11N3O4S/c21-17-14-9-3-4-10-15(14)18-19-20(17)24-25(22,23)16-11-5-7-12-6-1-2-8-13(12)16/h1-11H. The second kappa shape index (κ2) is 5.67. The zero-order chi connectivity index (χ0) is 17.4. The number of rotatable bonds is 3. The molecule has 0 saturated carbocycles. The van der Waals surface area contributed by atoms with Crippen LogP contribution in [0, 0.1) is 0 Å². The summed E-state index contributed by atoms with van der Waals surface area (Å²) < 4.78 is 30.2. The summed E-state index contributed by atoms with van der Waals surface area (Å²) in [5.41, 5.74) is -0.343. The predicted octanol–water partition coefficient (Wildman–Crippen LogP) is 1.76. The van der Waals surface area contributed by atoms with Gasteiger partial charge < -0.3 is 0 Å². The fourth-order valence-electron chi connectivity index (χ4n) is 2.57. The van der Waals surface area contributed by atoms with Crippen LogP contribution in [-0.2, 0) is 10.1 Å². The third kappa shape index (κ3) is 2.62. The first-order chi connectivity index (χ1) is 12.1. The molecule has 1 aromatic heterocycles. The summed E-state index contributed by atoms with van der Waals surface area (Å²) in [5, 5.41) is 8.80. The van der Waals surface area contributed by atoms with Gasteiger partial charge in [-0.25, -0.2) is 0 Å². The van der Waals surface area contributed by atoms with Crippen molar-refractivity contribution in [1.29, 1.82) is 0 Å². The molecule has 0 aliphatic carbocycles. The van der Waals surface area contributed by atoms with Crippen LogP contribution in [0.3, 0.4) is 0 Å². The number of fused-ring (bicyclic) bond motifs is 2. The van der Waals surface area contributed by atoms with Gasteiger partial charge in [-0.2, -0.15) is 8.42 Å². The third-order valence-corrected chi connectivity index (χ3v) is 4.96. The molecule has 3 aromatic carbocycles. The quantitative estimate of drug-likeness (QED) is 0.557. The van der Waals surface area contributed by atoms with E-state index in [1.165, 1.54) is 12.1 Å². The summed E-state index contributed by atoms with van der Waals surface area (Å²) in [4.78, 5) is 12.7. The van der Waals surface area contributed by atoms with Crippen LogP contribution in [-0.4, -0.2) is 23.6 Å². The molecule has 0 aliphatic heterocycles. The van der Waals surface area contributed by atoms with Crippen LogP contribution < -0.4 is 9.84 Å². The number of hydrogen-bond donors (Lipinski definition) is 0. The van der Waals surface area contributed by atoms with Crippen LogP contribution in [0.25, 0.3) is 21.7 Å². The van der Waals surface area contributed by atoms with Crippen molar-refractivity contribution >= 4 is 31.8 Å². The van der Waals surface area contributed by atoms with E-state index in [1.54, 1.807) is 54.6 Å². The maximum absolute atomic E-state index is 12.7. The number of benzene rings is 3. The van der Waals surface area contributed by atoms with Gasteiger partial charge in [0.05, 0.1) is 5.39 Å². The molecule has 4 rings (SSSR count). The molecule has 8 heteroatoms. The lowest BCUT2D eigenvalue weighted by molar-refractivity contribution is 0.216. The van der Waals surface area contributed by atoms with E-state index in [4.69, 9.17) is 4.28 Å². The molecule has 0 saturated heterocycles. The molecule has 4 aromatic rings. The summed E-state index contributed by atoms with van der Waals surface area (Å²) in [5.74, 6) is 0. The molecule has 7 nitrogen and oxygen atoms in total. The second-order valence-electron chi connectivity index (χ2n) is 5.29. The van der Waals surface area contributed by atoms with Crippen molar-refractivity contribution in [2.75, 3.05) is 0 Å². The fraction of sp³-hybridized carbons (Fsp3) is 0. The van der Waals surface area contributed by atoms with Gasteiger partial charge in [0.15, 0.2) is 0 Å². The Labute approximate surface area is 142 Å². The van der Waals surface area contributed by atoms with E-state index in [0.29, 0.717) is 15.7 Å². The Hall–Kier alpha value is -3.26. The molecule has 124 valence electrons. The Bertz CT molecular complexity index is 1260. The van der Waals surface area contributed by atoms with E-state index in [9.17, 15) is 13.2 Å². The molecule has 0 aliphatic rings. The Balaban J connectivity index is 1.85. The zero-order valence-electron chi connectivity index (χ0n) is 12.7. The highest BCUT2D eigenvalue weighted by atomic mass is 32.2. The van der Waals surface area contributed by atoms with Crippen LogP contribution in [0.2, 0.25) is 0 Å². The topological polar surface area (TPSA) is 91.2 Å². The Morgan fingerprint density at radius 1 is 0.840 bits per heavy atom. The van der Waals surface area contributed by atoms with Gasteiger partial charge in [-0.15, -0.1) is 5.10 Å². The molecule has 0 atom stereocenters. The molecule has 0 spiro atoms. The van der Waals surface area contributed by atoms with Crippen molar-refractivity contribution in [2.24, 2.45) is 0 Å². The van der Waals surface area contributed by atoms with Gasteiger partial charge in [-0.3, -0.25) is 9.08 Å². The van der Waals surface area contributed by atoms with Gasteiger partial charge in [0.25, 0.3) is 0 Å². The van der Waals surface area contributed by atoms with Crippen molar-refractivity contribution in [3.8, 4) is 0 Å². The average Bonchev–Trinajstić information content (AvgIpc) is 2.64. The minimum atomic E-state index is -4.27. The SMILES string of the molecule is O=c1c2ccccc2nnn1OS(=O)(=O)c1cccc2ccccc12. The lowest BCUT2D eigenvalue weighted by Gasteiger charge is -2.09. The normalized spacial score (nSPS) is 11.7. The molecule has 0 fully saturated rings. The fourth-order valence-corrected chi connectivity index (χ4v) is 3.63. The third-order valence-electron chi connectivity index (χ3n) is 3.73. The lowest BCUT2D eigenvalue weighted by Crippen LogP contribution is -2.33. The van der Waals surface area contributed by atoms with Crippen LogP contribution in [0.1, 0.15) is 0 Å². The first kappa shape index (κ1) is 15.3. The van der Waals surface area contributed by atoms with Crippen molar-refractivity contribution in [3.63, 3.8) is 0 Å². The zero-order valence-corrected chi connectivity index (χ0v) is 13.6. The largest absolute Gasteiger partial charge is 0.359 e. The van der Waals surface area contributed by atoms with E-state index < -0.39 is 15.7 Å². The van der Waals surface area contributed by atoms with Crippen molar-refractivity contribution in [1.82, 2.24) is 15.2 Å². The highest BCUT2D eigenvalue weighted by Crippen LogP contribution is 2.23. The second-order valence-corrected chi connectivity index (χ2v) is 6.79. The molecular formula is C17H11N3O4S. The van der Waals surface area contributed by atoms with Crippen LogP contribution >= 0.6 is 0 Å². The highest BCUT2D eigenvalue weighted by molar-refractivity contribution is 7.87. The summed E-state index contributed by atoms with van der Waals surface area (Å²) in [7, 11) is -4.27. The van der Waals surface area contributed by atoms with Crippen molar-refractivity contribution in [3.05, 3.63) is 77.1 Å². The molecule has 0 unspecified atom stereocenters. The molecule has 0 radical (unpaired) electrons. The number of aromatic nitrogens is 3. The monoisotopic (exact) mass is 353 g/mol. The molecule has 0 amide bonds. The number of hydrogen-bond acceptors (Lipinski definition) is 6. The van der Waals surface area contributed by atoms with Gasteiger partial charge >= 0.3 is 15.7 Å². The summed E-state index contributed by atoms with van der Waals surface area (Å²) in [6, 6.07) is 18.3. The Morgan fingerprint density at radius 3 is 2.36 bits per heavy atom. The van der Waals surface area contributed by atoms with Crippen LogP contribution in [0.15, 0.2) is 76.4 Å². The molecule has 1 heterocycles. The van der Waals surface area contributed by atoms with Gasteiger partial charge in [-0.1, -0.05) is 48.5 Å². The van der Waals surface area contributed by atoms with Crippen molar-refractivity contribution in [2.45, 2.75) is 4.90 Å². The highest BCUT2D eigenvalue weighted by Gasteiger charge is 2.22. The van der Waals surface area contributed by atoms with Gasteiger partial charge in [0, 0.05) is 5.39 Å². The average molecular weight is 353 g/mol. The van der Waals surface area contributed by atoms with Gasteiger partial charge in [0.1, 0.15) is 10.4 Å². The van der Waals surface area contributed by atoms with Crippen LogP contribution in [0.5, 0.6) is 0 Å². The van der Waals surface area contributed by atoms with Gasteiger partial charge in [0.2, 0.25) is 0 Å². The van der Waals surface area contributed by atoms with Gasteiger partial charge in [-0.05, 0) is 33.6 Å². The van der Waals surface area contributed by atoms with E-state index in [2.05, 4.69) is 10.3 Å². The maximum Gasteiger partial charge on any atom is 0.359 e. The summed E-state index contributed by atoms with van der Waals surface area (Å²) in [6.07, 6.45) is 0.